The van der Waals surface area contributed by atoms with Gasteiger partial charge in [0.15, 0.2) is 5.69 Å². The first-order chi connectivity index (χ1) is 16.1. The summed E-state index contributed by atoms with van der Waals surface area (Å²) >= 11 is 0. The van der Waals surface area contributed by atoms with Crippen LogP contribution >= 0.6 is 0 Å². The molecule has 0 aliphatic heterocycles. The smallest absolute Gasteiger partial charge is 0.283 e. The highest BCUT2D eigenvalue weighted by molar-refractivity contribution is 5.95. The maximum atomic E-state index is 13.0. The second-order valence-corrected chi connectivity index (χ2v) is 7.50. The average molecular weight is 441 g/mol. The quantitative estimate of drug-likeness (QED) is 0.399. The Morgan fingerprint density at radius 3 is 2.09 bits per heavy atom. The van der Waals surface area contributed by atoms with Gasteiger partial charge in [0.2, 0.25) is 11.8 Å². The Kier molecular flexibility index (Phi) is 6.59. The second-order valence-electron chi connectivity index (χ2n) is 7.50. The molecule has 0 radical (unpaired) electrons. The molecule has 1 heterocycles. The van der Waals surface area contributed by atoms with Gasteiger partial charge in [0.05, 0.1) is 11.4 Å². The van der Waals surface area contributed by atoms with Gasteiger partial charge >= 0.3 is 0 Å². The summed E-state index contributed by atoms with van der Waals surface area (Å²) in [6.07, 6.45) is 0. The van der Waals surface area contributed by atoms with Crippen LogP contribution in [-0.2, 0) is 16.1 Å². The van der Waals surface area contributed by atoms with Crippen molar-refractivity contribution in [1.82, 2.24) is 9.88 Å². The van der Waals surface area contributed by atoms with Crippen LogP contribution in [0.5, 0.6) is 5.88 Å². The minimum absolute atomic E-state index is 0.0486. The highest BCUT2D eigenvalue weighted by atomic mass is 16.3. The minimum Gasteiger partial charge on any atom is -0.493 e. The molecule has 1 aromatic heterocycles. The van der Waals surface area contributed by atoms with Crippen LogP contribution in [0.4, 0.5) is 5.69 Å². The standard InChI is InChI=1S/C26H24N4O3/c1-2-30-21-16-10-9-15-20(21)24(26(30)33)29-28-22(31)17-27-25(32)23(18-11-5-3-6-12-18)19-13-7-4-8-14-19/h3-16,23,33H,2,17H2,1H3,(H,27,32). The van der Waals surface area contributed by atoms with E-state index in [9.17, 15) is 14.7 Å². The van der Waals surface area contributed by atoms with E-state index < -0.39 is 11.8 Å². The summed E-state index contributed by atoms with van der Waals surface area (Å²) in [5.74, 6) is -1.52. The summed E-state index contributed by atoms with van der Waals surface area (Å²) in [4.78, 5) is 25.4. The van der Waals surface area contributed by atoms with Crippen molar-refractivity contribution in [2.24, 2.45) is 10.2 Å². The number of benzene rings is 3. The first-order valence-corrected chi connectivity index (χ1v) is 10.7. The van der Waals surface area contributed by atoms with E-state index >= 15 is 0 Å². The van der Waals surface area contributed by atoms with E-state index in [-0.39, 0.29) is 24.0 Å². The Labute approximate surface area is 191 Å². The molecule has 0 aliphatic rings. The lowest BCUT2D eigenvalue weighted by atomic mass is 9.90. The van der Waals surface area contributed by atoms with Crippen LogP contribution in [0.3, 0.4) is 0 Å². The number of amides is 2. The zero-order valence-electron chi connectivity index (χ0n) is 18.2. The average Bonchev–Trinajstić information content (AvgIpc) is 3.13. The largest absolute Gasteiger partial charge is 0.493 e. The van der Waals surface area contributed by atoms with Crippen LogP contribution in [-0.4, -0.2) is 28.0 Å². The molecule has 0 bridgehead atoms. The van der Waals surface area contributed by atoms with E-state index in [1.54, 1.807) is 4.57 Å². The SMILES string of the molecule is CCn1c(O)c(N=NC(=O)CNC(=O)C(c2ccccc2)c2ccccc2)c2ccccc21. The lowest BCUT2D eigenvalue weighted by molar-refractivity contribution is -0.125. The van der Waals surface area contributed by atoms with E-state index in [4.69, 9.17) is 0 Å². The third-order valence-electron chi connectivity index (χ3n) is 5.44. The number of aryl methyl sites for hydroxylation is 1. The number of para-hydroxylation sites is 1. The number of aromatic nitrogens is 1. The molecule has 7 heteroatoms. The first-order valence-electron chi connectivity index (χ1n) is 10.7. The van der Waals surface area contributed by atoms with Gasteiger partial charge in [-0.1, -0.05) is 78.9 Å². The zero-order valence-corrected chi connectivity index (χ0v) is 18.2. The summed E-state index contributed by atoms with van der Waals surface area (Å²) in [5.41, 5.74) is 2.69. The molecular formula is C26H24N4O3. The fraction of sp³-hybridized carbons (Fsp3) is 0.154. The Morgan fingerprint density at radius 1 is 0.909 bits per heavy atom. The molecule has 0 saturated heterocycles. The molecule has 7 nitrogen and oxygen atoms in total. The van der Waals surface area contributed by atoms with Crippen LogP contribution in [0.1, 0.15) is 24.0 Å². The van der Waals surface area contributed by atoms with Crippen molar-refractivity contribution in [3.05, 3.63) is 96.1 Å². The fourth-order valence-electron chi connectivity index (χ4n) is 3.88. The summed E-state index contributed by atoms with van der Waals surface area (Å²) in [5, 5.41) is 21.6. The van der Waals surface area contributed by atoms with Crippen LogP contribution in [0.2, 0.25) is 0 Å². The van der Waals surface area contributed by atoms with Crippen molar-refractivity contribution in [2.45, 2.75) is 19.4 Å². The Bertz CT molecular complexity index is 1260. The summed E-state index contributed by atoms with van der Waals surface area (Å²) in [7, 11) is 0. The molecule has 2 amide bonds. The number of nitrogens with zero attached hydrogens (tertiary/aromatic N) is 3. The number of hydrogen-bond acceptors (Lipinski definition) is 4. The van der Waals surface area contributed by atoms with E-state index in [0.717, 1.165) is 16.6 Å². The van der Waals surface area contributed by atoms with Crippen LogP contribution in [0, 0.1) is 0 Å². The number of carbonyl (C=O) groups is 2. The number of rotatable bonds is 7. The highest BCUT2D eigenvalue weighted by Crippen LogP contribution is 2.38. The van der Waals surface area contributed by atoms with Gasteiger partial charge in [-0.15, -0.1) is 10.2 Å². The monoisotopic (exact) mass is 440 g/mol. The number of nitrogens with one attached hydrogen (secondary N) is 1. The molecule has 4 aromatic rings. The molecule has 4 rings (SSSR count). The van der Waals surface area contributed by atoms with E-state index in [0.29, 0.717) is 11.9 Å². The topological polar surface area (TPSA) is 96.0 Å². The summed E-state index contributed by atoms with van der Waals surface area (Å²) in [6.45, 7) is 2.15. The number of fused-ring (bicyclic) bond motifs is 1. The lowest BCUT2D eigenvalue weighted by Crippen LogP contribution is -2.33. The van der Waals surface area contributed by atoms with Gasteiger partial charge in [0, 0.05) is 11.9 Å². The van der Waals surface area contributed by atoms with Crippen LogP contribution in [0.25, 0.3) is 10.9 Å². The van der Waals surface area contributed by atoms with Gasteiger partial charge in [0.1, 0.15) is 6.54 Å². The van der Waals surface area contributed by atoms with Crippen molar-refractivity contribution in [3.63, 3.8) is 0 Å². The molecule has 166 valence electrons. The number of aromatic hydroxyl groups is 1. The number of hydrogen-bond donors (Lipinski definition) is 2. The van der Waals surface area contributed by atoms with E-state index in [1.807, 2.05) is 91.9 Å². The zero-order chi connectivity index (χ0) is 23.2. The molecule has 0 unspecified atom stereocenters. The maximum Gasteiger partial charge on any atom is 0.283 e. The Hall–Kier alpha value is -4.26. The van der Waals surface area contributed by atoms with Gasteiger partial charge in [-0.3, -0.25) is 9.59 Å². The maximum absolute atomic E-state index is 13.0. The number of azo groups is 1. The first kappa shape index (κ1) is 22.0. The van der Waals surface area contributed by atoms with Gasteiger partial charge in [-0.05, 0) is 24.1 Å². The summed E-state index contributed by atoms with van der Waals surface area (Å²) < 4.78 is 1.69. The normalized spacial score (nSPS) is 11.3. The van der Waals surface area contributed by atoms with Crippen LogP contribution < -0.4 is 5.32 Å². The fourth-order valence-corrected chi connectivity index (χ4v) is 3.88. The summed E-state index contributed by atoms with van der Waals surface area (Å²) in [6, 6.07) is 26.2. The predicted molar refractivity (Wildman–Crippen MR) is 127 cm³/mol. The van der Waals surface area contributed by atoms with Gasteiger partial charge in [0.25, 0.3) is 5.91 Å². The molecule has 0 fully saturated rings. The number of carbonyl (C=O) groups excluding carboxylic acids is 2. The van der Waals surface area contributed by atoms with E-state index in [2.05, 4.69) is 15.5 Å². The predicted octanol–water partition coefficient (Wildman–Crippen LogP) is 4.93. The second kappa shape index (κ2) is 9.91. The third kappa shape index (κ3) is 4.67. The van der Waals surface area contributed by atoms with Gasteiger partial charge in [-0.2, -0.15) is 0 Å². The van der Waals surface area contributed by atoms with Crippen LogP contribution in [0.15, 0.2) is 95.2 Å². The molecule has 2 N–H and O–H groups in total. The molecule has 33 heavy (non-hydrogen) atoms. The molecule has 0 saturated carbocycles. The third-order valence-corrected chi connectivity index (χ3v) is 5.44. The molecule has 0 atom stereocenters. The van der Waals surface area contributed by atoms with E-state index in [1.165, 1.54) is 0 Å². The highest BCUT2D eigenvalue weighted by Gasteiger charge is 2.23. The van der Waals surface area contributed by atoms with Gasteiger partial charge < -0.3 is 15.0 Å². The Morgan fingerprint density at radius 2 is 1.48 bits per heavy atom. The van der Waals surface area contributed by atoms with Crippen molar-refractivity contribution >= 4 is 28.4 Å². The Balaban J connectivity index is 1.49. The van der Waals surface area contributed by atoms with Crippen molar-refractivity contribution < 1.29 is 14.7 Å². The molecule has 0 spiro atoms. The minimum atomic E-state index is -0.615. The van der Waals surface area contributed by atoms with Crippen molar-refractivity contribution in [1.29, 1.82) is 0 Å². The molecule has 0 aliphatic carbocycles. The van der Waals surface area contributed by atoms with Crippen molar-refractivity contribution in [3.8, 4) is 5.88 Å². The van der Waals surface area contributed by atoms with Gasteiger partial charge in [-0.25, -0.2) is 0 Å². The lowest BCUT2D eigenvalue weighted by Gasteiger charge is -2.17. The molecular weight excluding hydrogens is 416 g/mol. The van der Waals surface area contributed by atoms with Crippen molar-refractivity contribution in [2.75, 3.05) is 6.54 Å². The molecule has 3 aromatic carbocycles.